The summed E-state index contributed by atoms with van der Waals surface area (Å²) in [6, 6.07) is 0. The van der Waals surface area contributed by atoms with E-state index in [1.807, 2.05) is 7.05 Å². The van der Waals surface area contributed by atoms with E-state index in [1.165, 1.54) is 46.2 Å². The maximum atomic E-state index is 14.2. The van der Waals surface area contributed by atoms with Crippen LogP contribution in [-0.2, 0) is 23.8 Å². The molecule has 0 aromatic heterocycles. The first-order chi connectivity index (χ1) is 27.9. The number of esters is 2. The van der Waals surface area contributed by atoms with E-state index in [-0.39, 0.29) is 51.1 Å². The molecule has 0 spiro atoms. The third-order valence-electron chi connectivity index (χ3n) is 11.3. The second-order valence-corrected chi connectivity index (χ2v) is 15.5. The van der Waals surface area contributed by atoms with Crippen molar-refractivity contribution in [2.75, 3.05) is 52.3 Å². The van der Waals surface area contributed by atoms with Gasteiger partial charge in [-0.15, -0.1) is 0 Å². The normalized spacial score (nSPS) is 28.9. The Kier molecular flexibility index (Phi) is 15.9. The van der Waals surface area contributed by atoms with Gasteiger partial charge in [-0.2, -0.15) is 5.10 Å². The number of likely N-dealkylation sites (N-methyl/N-ethyl adjacent to an activating group) is 1. The van der Waals surface area contributed by atoms with Gasteiger partial charge in [0.2, 0.25) is 0 Å². The number of benzene rings is 2. The number of carbonyl (C=O) groups is 3. The first-order valence-corrected chi connectivity index (χ1v) is 19.8. The Balaban J connectivity index is 2.01. The van der Waals surface area contributed by atoms with Gasteiger partial charge in [-0.05, 0) is 33.9 Å². The molecule has 1 amide bonds. The highest BCUT2D eigenvalue weighted by Crippen LogP contribution is 2.52. The van der Waals surface area contributed by atoms with E-state index in [1.54, 1.807) is 51.8 Å². The van der Waals surface area contributed by atoms with Crippen molar-refractivity contribution in [1.82, 2.24) is 9.91 Å². The summed E-state index contributed by atoms with van der Waals surface area (Å²) in [7, 11) is 3.39. The van der Waals surface area contributed by atoms with Crippen LogP contribution in [0.4, 0.5) is 5.69 Å². The number of aliphatic hydroxyl groups is 2. The number of amides is 1. The van der Waals surface area contributed by atoms with Crippen LogP contribution in [-0.4, -0.2) is 131 Å². The Morgan fingerprint density at radius 1 is 0.949 bits per heavy atom. The average Bonchev–Trinajstić information content (AvgIpc) is 3.20. The minimum Gasteiger partial charge on any atom is -0.507 e. The van der Waals surface area contributed by atoms with Gasteiger partial charge >= 0.3 is 11.9 Å². The summed E-state index contributed by atoms with van der Waals surface area (Å²) >= 11 is 0. The van der Waals surface area contributed by atoms with Crippen molar-refractivity contribution < 1.29 is 58.9 Å². The molecule has 3 aliphatic rings. The lowest BCUT2D eigenvalue weighted by molar-refractivity contribution is -0.160. The summed E-state index contributed by atoms with van der Waals surface area (Å²) in [5.41, 5.74) is -0.579. The molecule has 0 radical (unpaired) electrons. The molecule has 8 atom stereocenters. The van der Waals surface area contributed by atoms with Gasteiger partial charge in [-0.25, -0.2) is 4.79 Å². The number of fused-ring (bicyclic) bond motifs is 15. The standard InChI is InChI=1S/C43H60N4O12/c1-11-57-41-27(7)37(51)32-31-33(41)43(55)58-20-15-30(56-10)24(4)40(59-28(8)48)26(6)36(50)25(5)35(49)22(2)13-12-14-23(3)42(54)45-34(39(32)53)29(38(31)52)21-44-47-18-16-46(9)17-19-47/h12-15,20-22,24-26,30,35-36,40,49-53H,11,16-19H2,1-10H3,(H,45,54)/b13-12+,20-15+,23-14-,44-21+/t22-,24+,25+,26+,30-,35-,36+,40+/m0/s1. The lowest BCUT2D eigenvalue weighted by Gasteiger charge is -2.38. The number of aromatic hydroxyl groups is 3. The van der Waals surface area contributed by atoms with Crippen LogP contribution in [0.3, 0.4) is 0 Å². The summed E-state index contributed by atoms with van der Waals surface area (Å²) in [5.74, 6) is -6.79. The topological polar surface area (TPSA) is 220 Å². The monoisotopic (exact) mass is 824 g/mol. The fourth-order valence-electron chi connectivity index (χ4n) is 7.54. The molecule has 59 heavy (non-hydrogen) atoms. The summed E-state index contributed by atoms with van der Waals surface area (Å²) in [4.78, 5) is 42.4. The quantitative estimate of drug-likeness (QED) is 0.102. The summed E-state index contributed by atoms with van der Waals surface area (Å²) in [6.45, 7) is 15.3. The van der Waals surface area contributed by atoms with E-state index in [2.05, 4.69) is 15.3 Å². The van der Waals surface area contributed by atoms with Crippen LogP contribution in [0.5, 0.6) is 23.0 Å². The Bertz CT molecular complexity index is 1990. The van der Waals surface area contributed by atoms with E-state index >= 15 is 0 Å². The van der Waals surface area contributed by atoms with Gasteiger partial charge in [0.05, 0.1) is 59.4 Å². The van der Waals surface area contributed by atoms with E-state index < -0.39 is 83.2 Å². The molecule has 3 heterocycles. The molecule has 16 heteroatoms. The number of nitrogens with zero attached hydrogens (tertiary/aromatic N) is 3. The van der Waals surface area contributed by atoms with Crippen LogP contribution in [0.25, 0.3) is 10.8 Å². The number of anilines is 1. The van der Waals surface area contributed by atoms with Crippen LogP contribution in [0.15, 0.2) is 41.2 Å². The van der Waals surface area contributed by atoms with Crippen molar-refractivity contribution in [1.29, 1.82) is 0 Å². The molecule has 324 valence electrons. The maximum absolute atomic E-state index is 14.2. The number of hydrogen-bond donors (Lipinski definition) is 6. The number of allylic oxidation sites excluding steroid dienone is 2. The van der Waals surface area contributed by atoms with Crippen molar-refractivity contribution in [2.45, 2.75) is 79.8 Å². The zero-order valence-corrected chi connectivity index (χ0v) is 35.6. The Morgan fingerprint density at radius 2 is 1.61 bits per heavy atom. The highest BCUT2D eigenvalue weighted by atomic mass is 16.6. The second kappa shape index (κ2) is 20.2. The predicted molar refractivity (Wildman–Crippen MR) is 223 cm³/mol. The van der Waals surface area contributed by atoms with Crippen molar-refractivity contribution in [3.63, 3.8) is 0 Å². The number of ether oxygens (including phenoxy) is 4. The first-order valence-electron chi connectivity index (χ1n) is 19.8. The lowest BCUT2D eigenvalue weighted by atomic mass is 9.78. The number of methoxy groups -OCH3 is 1. The molecule has 5 rings (SSSR count). The lowest BCUT2D eigenvalue weighted by Crippen LogP contribution is -2.46. The molecular formula is C43H60N4O12. The Morgan fingerprint density at radius 3 is 2.22 bits per heavy atom. The van der Waals surface area contributed by atoms with Crippen LogP contribution in [0, 0.1) is 30.6 Å². The summed E-state index contributed by atoms with van der Waals surface area (Å²) in [5, 5.41) is 66.7. The van der Waals surface area contributed by atoms with Gasteiger partial charge in [0.1, 0.15) is 28.9 Å². The number of hydrazone groups is 1. The van der Waals surface area contributed by atoms with E-state index in [0.717, 1.165) is 6.26 Å². The maximum Gasteiger partial charge on any atom is 0.347 e. The van der Waals surface area contributed by atoms with Gasteiger partial charge in [-0.3, -0.25) is 14.6 Å². The summed E-state index contributed by atoms with van der Waals surface area (Å²) < 4.78 is 23.0. The zero-order valence-electron chi connectivity index (χ0n) is 35.6. The fourth-order valence-corrected chi connectivity index (χ4v) is 7.54. The fraction of sp³-hybridized carbons (Fsp3) is 0.535. The van der Waals surface area contributed by atoms with Gasteiger partial charge in [-0.1, -0.05) is 45.9 Å². The minimum absolute atomic E-state index is 0.0403. The number of hydrogen-bond acceptors (Lipinski definition) is 15. The molecule has 4 bridgehead atoms. The highest BCUT2D eigenvalue weighted by Gasteiger charge is 2.39. The van der Waals surface area contributed by atoms with Gasteiger partial charge in [0, 0.05) is 75.0 Å². The number of phenols is 3. The van der Waals surface area contributed by atoms with E-state index in [4.69, 9.17) is 18.9 Å². The molecule has 6 N–H and O–H groups in total. The molecule has 3 aliphatic heterocycles. The van der Waals surface area contributed by atoms with Crippen LogP contribution >= 0.6 is 0 Å². The van der Waals surface area contributed by atoms with Gasteiger partial charge in [0.25, 0.3) is 5.91 Å². The van der Waals surface area contributed by atoms with E-state index in [9.17, 15) is 39.9 Å². The van der Waals surface area contributed by atoms with Crippen molar-refractivity contribution >= 4 is 40.5 Å². The molecule has 1 fully saturated rings. The predicted octanol–water partition coefficient (Wildman–Crippen LogP) is 4.58. The SMILES string of the molecule is CCOc1c(C)c(O)c2c(O)c3c(/C=N/N4CCN(C)CC4)c(O)c2c1C(=O)O/C=C/[C@H](OC)[C@@H](C)[C@@H](OC(C)=O)[C@H](C)[C@H](O)[C@H](C)[C@@H](O)[C@@H](C)/C=C/C=C(/C)C(=O)N3. The number of phenolic OH excluding ortho intramolecular Hbond substituents is 3. The molecule has 16 nitrogen and oxygen atoms in total. The van der Waals surface area contributed by atoms with Crippen molar-refractivity contribution in [2.24, 2.45) is 28.8 Å². The minimum atomic E-state index is -1.15. The molecule has 2 aromatic rings. The van der Waals surface area contributed by atoms with E-state index in [0.29, 0.717) is 26.2 Å². The first kappa shape index (κ1) is 46.5. The largest absolute Gasteiger partial charge is 0.507 e. The molecule has 2 aromatic carbocycles. The molecule has 0 unspecified atom stereocenters. The molecule has 0 saturated carbocycles. The van der Waals surface area contributed by atoms with Gasteiger partial charge < -0.3 is 54.7 Å². The van der Waals surface area contributed by atoms with Crippen LogP contribution in [0.2, 0.25) is 0 Å². The zero-order chi connectivity index (χ0) is 43.9. The molecular weight excluding hydrogens is 764 g/mol. The van der Waals surface area contributed by atoms with Gasteiger partial charge in [0.15, 0.2) is 5.75 Å². The van der Waals surface area contributed by atoms with Crippen molar-refractivity contribution in [3.05, 3.63) is 52.8 Å². The van der Waals surface area contributed by atoms with Crippen LogP contribution in [0.1, 0.15) is 70.0 Å². The Labute approximate surface area is 345 Å². The Hall–Kier alpha value is -5.16. The molecule has 0 aliphatic carbocycles. The number of carbonyl (C=O) groups excluding carboxylic acids is 3. The third-order valence-corrected chi connectivity index (χ3v) is 11.3. The van der Waals surface area contributed by atoms with Crippen molar-refractivity contribution in [3.8, 4) is 23.0 Å². The van der Waals surface area contributed by atoms with Crippen LogP contribution < -0.4 is 10.1 Å². The number of rotatable bonds is 6. The average molecular weight is 825 g/mol. The highest BCUT2D eigenvalue weighted by molar-refractivity contribution is 6.20. The number of aliphatic hydroxyl groups excluding tert-OH is 2. The summed E-state index contributed by atoms with van der Waals surface area (Å²) in [6.07, 6.45) is 4.53. The second-order valence-electron chi connectivity index (χ2n) is 15.5. The smallest absolute Gasteiger partial charge is 0.347 e. The number of nitrogens with one attached hydrogen (secondary N) is 1. The molecule has 1 saturated heterocycles. The third kappa shape index (κ3) is 10.4. The number of piperazine rings is 1.